The number of nitrogens with two attached hydrogens (primary N) is 1. The first-order valence-corrected chi connectivity index (χ1v) is 25.6. The van der Waals surface area contributed by atoms with Crippen molar-refractivity contribution in [3.63, 3.8) is 0 Å². The van der Waals surface area contributed by atoms with Crippen molar-refractivity contribution in [3.05, 3.63) is 0 Å². The number of carbonyl (C=O) groups is 2. The fourth-order valence-electron chi connectivity index (χ4n) is 7.14. The van der Waals surface area contributed by atoms with Gasteiger partial charge in [0.2, 0.25) is 0 Å². The minimum absolute atomic E-state index is 0.0261. The first-order chi connectivity index (χ1) is 27.7. The molecule has 0 saturated heterocycles. The molecule has 0 aromatic carbocycles. The lowest BCUT2D eigenvalue weighted by atomic mass is 10.0. The quantitative estimate of drug-likeness (QED) is 0.0306. The van der Waals surface area contributed by atoms with E-state index < -0.39 is 45.1 Å². The van der Waals surface area contributed by atoms with Crippen LogP contribution in [0, 0.1) is 0 Å². The van der Waals surface area contributed by atoms with Gasteiger partial charge in [0.1, 0.15) is 12.1 Å². The van der Waals surface area contributed by atoms with E-state index in [1.54, 1.807) is 0 Å². The molecule has 57 heavy (non-hydrogen) atoms. The highest BCUT2D eigenvalue weighted by atomic mass is 31.2. The number of carbonyl (C=O) groups excluding carboxylic acids is 1. The summed E-state index contributed by atoms with van der Waals surface area (Å²) in [6.07, 6.45) is 44.4. The first kappa shape index (κ1) is 56.0. The van der Waals surface area contributed by atoms with Crippen molar-refractivity contribution in [2.24, 2.45) is 5.73 Å². The molecule has 11 heteroatoms. The molecule has 0 aromatic rings. The van der Waals surface area contributed by atoms with Gasteiger partial charge in [-0.25, -0.2) is 4.57 Å². The standard InChI is InChI=1S/C46H92NO9P/c1-3-5-7-9-11-13-15-17-19-21-22-23-24-26-28-30-32-34-36-38-45(48)56-43(41-54-57(51,52)55-42-44(47)46(49)50)40-53-39-37-35-33-31-29-27-25-20-18-16-14-12-10-8-6-4-2/h43-44H,3-42,47H2,1-2H3,(H,49,50)(H,51,52). The minimum atomic E-state index is -4.61. The predicted molar refractivity (Wildman–Crippen MR) is 236 cm³/mol. The average molecular weight is 834 g/mol. The molecule has 0 aliphatic heterocycles. The smallest absolute Gasteiger partial charge is 0.472 e. The Morgan fingerprint density at radius 3 is 1.16 bits per heavy atom. The Morgan fingerprint density at radius 2 is 0.807 bits per heavy atom. The predicted octanol–water partition coefficient (Wildman–Crippen LogP) is 13.5. The van der Waals surface area contributed by atoms with Crippen molar-refractivity contribution in [3.8, 4) is 0 Å². The molecule has 0 spiro atoms. The van der Waals surface area contributed by atoms with E-state index in [-0.39, 0.29) is 13.0 Å². The van der Waals surface area contributed by atoms with Crippen LogP contribution in [0.3, 0.4) is 0 Å². The van der Waals surface area contributed by atoms with Gasteiger partial charge < -0.3 is 25.2 Å². The lowest BCUT2D eigenvalue weighted by molar-refractivity contribution is -0.154. The fourth-order valence-corrected chi connectivity index (χ4v) is 7.91. The number of hydrogen-bond acceptors (Lipinski definition) is 8. The van der Waals surface area contributed by atoms with Crippen LogP contribution in [0.15, 0.2) is 0 Å². The third kappa shape index (κ3) is 42.9. The lowest BCUT2D eigenvalue weighted by Gasteiger charge is -2.20. The van der Waals surface area contributed by atoms with Crippen LogP contribution in [-0.2, 0) is 32.7 Å². The van der Waals surface area contributed by atoms with Crippen LogP contribution in [0.1, 0.15) is 245 Å². The third-order valence-electron chi connectivity index (χ3n) is 10.9. The molecule has 3 atom stereocenters. The summed E-state index contributed by atoms with van der Waals surface area (Å²) in [7, 11) is -4.61. The molecule has 0 amide bonds. The Morgan fingerprint density at radius 1 is 0.491 bits per heavy atom. The van der Waals surface area contributed by atoms with Crippen LogP contribution in [-0.4, -0.2) is 60.5 Å². The lowest BCUT2D eigenvalue weighted by Crippen LogP contribution is -2.34. The van der Waals surface area contributed by atoms with Gasteiger partial charge in [0.15, 0.2) is 0 Å². The van der Waals surface area contributed by atoms with Gasteiger partial charge in [-0.2, -0.15) is 0 Å². The molecule has 0 heterocycles. The Bertz CT molecular complexity index is 924. The Kier molecular flexibility index (Phi) is 42.3. The van der Waals surface area contributed by atoms with E-state index >= 15 is 0 Å². The van der Waals surface area contributed by atoms with Gasteiger partial charge in [-0.3, -0.25) is 18.6 Å². The van der Waals surface area contributed by atoms with Gasteiger partial charge in [0.25, 0.3) is 0 Å². The summed E-state index contributed by atoms with van der Waals surface area (Å²) in [6.45, 7) is 3.95. The molecule has 3 unspecified atom stereocenters. The third-order valence-corrected chi connectivity index (χ3v) is 11.8. The van der Waals surface area contributed by atoms with Crippen LogP contribution in [0.25, 0.3) is 0 Å². The normalized spacial score (nSPS) is 13.8. The molecule has 0 aliphatic rings. The molecule has 0 aromatic heterocycles. The number of ether oxygens (including phenoxy) is 2. The molecule has 0 saturated carbocycles. The molecule has 0 radical (unpaired) electrons. The van der Waals surface area contributed by atoms with Gasteiger partial charge in [0, 0.05) is 13.0 Å². The molecule has 0 aliphatic carbocycles. The molecule has 0 rings (SSSR count). The van der Waals surface area contributed by atoms with Crippen molar-refractivity contribution in [1.82, 2.24) is 0 Å². The summed E-state index contributed by atoms with van der Waals surface area (Å²) < 4.78 is 33.4. The summed E-state index contributed by atoms with van der Waals surface area (Å²) in [5, 5.41) is 8.91. The number of phosphoric ester groups is 1. The second-order valence-corrected chi connectivity index (χ2v) is 18.1. The number of hydrogen-bond donors (Lipinski definition) is 3. The summed E-state index contributed by atoms with van der Waals surface area (Å²) in [5.41, 5.74) is 5.37. The van der Waals surface area contributed by atoms with Crippen molar-refractivity contribution in [2.75, 3.05) is 26.4 Å². The maximum absolute atomic E-state index is 12.7. The highest BCUT2D eigenvalue weighted by Gasteiger charge is 2.27. The van der Waals surface area contributed by atoms with Crippen LogP contribution < -0.4 is 5.73 Å². The zero-order valence-electron chi connectivity index (χ0n) is 37.2. The maximum Gasteiger partial charge on any atom is 0.472 e. The Hall–Kier alpha value is -1.03. The van der Waals surface area contributed by atoms with Crippen molar-refractivity contribution < 1.29 is 42.7 Å². The molecular formula is C46H92NO9P. The second kappa shape index (κ2) is 43.1. The van der Waals surface area contributed by atoms with E-state index in [1.165, 1.54) is 186 Å². The van der Waals surface area contributed by atoms with E-state index in [0.717, 1.165) is 38.5 Å². The topological polar surface area (TPSA) is 155 Å². The highest BCUT2D eigenvalue weighted by Crippen LogP contribution is 2.43. The summed E-state index contributed by atoms with van der Waals surface area (Å²) >= 11 is 0. The van der Waals surface area contributed by atoms with Crippen LogP contribution in [0.2, 0.25) is 0 Å². The molecule has 4 N–H and O–H groups in total. The summed E-state index contributed by atoms with van der Waals surface area (Å²) in [6, 6.07) is -1.47. The number of carboxylic acid groups (broad SMARTS) is 1. The monoisotopic (exact) mass is 834 g/mol. The van der Waals surface area contributed by atoms with Crippen LogP contribution in [0.5, 0.6) is 0 Å². The Balaban J connectivity index is 4.12. The van der Waals surface area contributed by atoms with E-state index in [2.05, 4.69) is 13.8 Å². The first-order valence-electron chi connectivity index (χ1n) is 24.1. The number of aliphatic carboxylic acids is 1. The number of rotatable bonds is 47. The Labute approximate surface area is 350 Å². The van der Waals surface area contributed by atoms with Crippen molar-refractivity contribution in [1.29, 1.82) is 0 Å². The molecule has 0 fully saturated rings. The zero-order chi connectivity index (χ0) is 41.9. The van der Waals surface area contributed by atoms with Gasteiger partial charge in [-0.05, 0) is 12.8 Å². The second-order valence-electron chi connectivity index (χ2n) is 16.6. The van der Waals surface area contributed by atoms with Gasteiger partial charge in [-0.1, -0.05) is 226 Å². The van der Waals surface area contributed by atoms with Gasteiger partial charge in [-0.15, -0.1) is 0 Å². The molecule has 10 nitrogen and oxygen atoms in total. The van der Waals surface area contributed by atoms with Gasteiger partial charge >= 0.3 is 19.8 Å². The molecule has 340 valence electrons. The SMILES string of the molecule is CCCCCCCCCCCCCCCCCCCCCC(=O)OC(COCCCCCCCCCCCCCCCCCC)COP(=O)(O)OCC(N)C(=O)O. The highest BCUT2D eigenvalue weighted by molar-refractivity contribution is 7.47. The van der Waals surface area contributed by atoms with E-state index in [0.29, 0.717) is 6.61 Å². The summed E-state index contributed by atoms with van der Waals surface area (Å²) in [4.78, 5) is 33.6. The van der Waals surface area contributed by atoms with Gasteiger partial charge in [0.05, 0.1) is 19.8 Å². The molecule has 0 bridgehead atoms. The van der Waals surface area contributed by atoms with E-state index in [4.69, 9.17) is 29.4 Å². The van der Waals surface area contributed by atoms with Crippen LogP contribution in [0.4, 0.5) is 0 Å². The van der Waals surface area contributed by atoms with E-state index in [1.807, 2.05) is 0 Å². The van der Waals surface area contributed by atoms with Crippen molar-refractivity contribution >= 4 is 19.8 Å². The minimum Gasteiger partial charge on any atom is -0.480 e. The zero-order valence-corrected chi connectivity index (χ0v) is 38.1. The van der Waals surface area contributed by atoms with Crippen molar-refractivity contribution in [2.45, 2.75) is 257 Å². The summed E-state index contributed by atoms with van der Waals surface area (Å²) in [5.74, 6) is -1.76. The fraction of sp³-hybridized carbons (Fsp3) is 0.957. The maximum atomic E-state index is 12.7. The molecular weight excluding hydrogens is 741 g/mol. The average Bonchev–Trinajstić information content (AvgIpc) is 3.19. The van der Waals surface area contributed by atoms with Crippen LogP contribution >= 0.6 is 7.82 Å². The van der Waals surface area contributed by atoms with E-state index in [9.17, 15) is 19.0 Å². The number of carboxylic acids is 1. The largest absolute Gasteiger partial charge is 0.480 e. The number of esters is 1. The number of unbranched alkanes of at least 4 members (excludes halogenated alkanes) is 33. The number of phosphoric acid groups is 1.